The average molecular weight is 232 g/mol. The van der Waals surface area contributed by atoms with E-state index in [0.717, 1.165) is 17.0 Å². The Morgan fingerprint density at radius 3 is 2.94 bits per heavy atom. The molecule has 1 unspecified atom stereocenters. The van der Waals surface area contributed by atoms with E-state index in [0.29, 0.717) is 6.42 Å². The van der Waals surface area contributed by atoms with Crippen LogP contribution < -0.4 is 11.3 Å². The third-order valence-electron chi connectivity index (χ3n) is 2.83. The quantitative estimate of drug-likeness (QED) is 0.584. The van der Waals surface area contributed by atoms with Gasteiger partial charge in [-0.05, 0) is 24.1 Å². The molecule has 0 bridgehead atoms. The maximum absolute atomic E-state index is 5.61. The number of hydrogen-bond acceptors (Lipinski definition) is 5. The summed E-state index contributed by atoms with van der Waals surface area (Å²) in [5.74, 6) is 6.51. The van der Waals surface area contributed by atoms with Crippen LogP contribution in [0.15, 0.2) is 24.8 Å². The number of pyridine rings is 1. The Balaban J connectivity index is 2.23. The molecule has 0 saturated heterocycles. The fourth-order valence-electron chi connectivity index (χ4n) is 1.82. The van der Waals surface area contributed by atoms with Gasteiger partial charge in [0.15, 0.2) is 0 Å². The number of hydrogen-bond donors (Lipinski definition) is 2. The molecule has 0 radical (unpaired) electrons. The maximum atomic E-state index is 5.61. The lowest BCUT2D eigenvalue weighted by Gasteiger charge is -2.17. The lowest BCUT2D eigenvalue weighted by molar-refractivity contribution is 0.520. The largest absolute Gasteiger partial charge is 0.271 e. The molecular formula is C11H16N6. The van der Waals surface area contributed by atoms with E-state index >= 15 is 0 Å². The summed E-state index contributed by atoms with van der Waals surface area (Å²) in [5.41, 5.74) is 5.05. The van der Waals surface area contributed by atoms with Gasteiger partial charge in [0.25, 0.3) is 0 Å². The Labute approximate surface area is 99.9 Å². The first-order valence-electron chi connectivity index (χ1n) is 5.42. The molecule has 0 aliphatic carbocycles. The minimum Gasteiger partial charge on any atom is -0.271 e. The minimum atomic E-state index is 0.0147. The molecule has 6 heteroatoms. The molecule has 0 aromatic carbocycles. The van der Waals surface area contributed by atoms with E-state index in [1.807, 2.05) is 26.2 Å². The molecule has 3 N–H and O–H groups in total. The van der Waals surface area contributed by atoms with Gasteiger partial charge < -0.3 is 0 Å². The Morgan fingerprint density at radius 1 is 1.53 bits per heavy atom. The standard InChI is InChI=1S/C11H16N6/c1-8-6-13-4-3-9(8)10(16-12)5-11-14-7-15-17(11)2/h3-4,6-7,10,16H,5,12H2,1-2H3. The monoisotopic (exact) mass is 232 g/mol. The lowest BCUT2D eigenvalue weighted by atomic mass is 10.0. The normalized spacial score (nSPS) is 12.6. The second kappa shape index (κ2) is 5.03. The minimum absolute atomic E-state index is 0.0147. The highest BCUT2D eigenvalue weighted by Crippen LogP contribution is 2.18. The number of nitrogens with one attached hydrogen (secondary N) is 1. The average Bonchev–Trinajstić information content (AvgIpc) is 2.73. The van der Waals surface area contributed by atoms with Crippen LogP contribution in [-0.4, -0.2) is 19.7 Å². The van der Waals surface area contributed by atoms with Crippen molar-refractivity contribution in [2.45, 2.75) is 19.4 Å². The van der Waals surface area contributed by atoms with E-state index in [4.69, 9.17) is 5.84 Å². The van der Waals surface area contributed by atoms with Crippen LogP contribution in [0.1, 0.15) is 23.0 Å². The molecule has 0 amide bonds. The molecule has 2 aromatic rings. The number of rotatable bonds is 4. The lowest BCUT2D eigenvalue weighted by Crippen LogP contribution is -2.31. The zero-order chi connectivity index (χ0) is 12.3. The Hall–Kier alpha value is -1.79. The van der Waals surface area contributed by atoms with Gasteiger partial charge in [0.1, 0.15) is 12.2 Å². The maximum Gasteiger partial charge on any atom is 0.138 e. The van der Waals surface area contributed by atoms with Crippen LogP contribution in [0.2, 0.25) is 0 Å². The van der Waals surface area contributed by atoms with E-state index in [-0.39, 0.29) is 6.04 Å². The van der Waals surface area contributed by atoms with Gasteiger partial charge in [-0.2, -0.15) is 5.10 Å². The van der Waals surface area contributed by atoms with Crippen molar-refractivity contribution in [1.82, 2.24) is 25.2 Å². The fourth-order valence-corrected chi connectivity index (χ4v) is 1.82. The van der Waals surface area contributed by atoms with Crippen LogP contribution in [0.4, 0.5) is 0 Å². The molecule has 90 valence electrons. The van der Waals surface area contributed by atoms with Crippen LogP contribution in [0.3, 0.4) is 0 Å². The smallest absolute Gasteiger partial charge is 0.138 e. The molecule has 0 spiro atoms. The van der Waals surface area contributed by atoms with Crippen molar-refractivity contribution in [1.29, 1.82) is 0 Å². The summed E-state index contributed by atoms with van der Waals surface area (Å²) >= 11 is 0. The molecule has 6 nitrogen and oxygen atoms in total. The molecular weight excluding hydrogens is 216 g/mol. The van der Waals surface area contributed by atoms with Crippen molar-refractivity contribution < 1.29 is 0 Å². The Morgan fingerprint density at radius 2 is 2.35 bits per heavy atom. The van der Waals surface area contributed by atoms with Crippen LogP contribution in [0.5, 0.6) is 0 Å². The second-order valence-corrected chi connectivity index (χ2v) is 3.96. The predicted molar refractivity (Wildman–Crippen MR) is 63.7 cm³/mol. The van der Waals surface area contributed by atoms with Gasteiger partial charge in [-0.3, -0.25) is 20.9 Å². The first-order valence-corrected chi connectivity index (χ1v) is 5.42. The van der Waals surface area contributed by atoms with Crippen molar-refractivity contribution in [2.24, 2.45) is 12.9 Å². The van der Waals surface area contributed by atoms with Gasteiger partial charge in [-0.25, -0.2) is 4.98 Å². The highest BCUT2D eigenvalue weighted by Gasteiger charge is 2.15. The second-order valence-electron chi connectivity index (χ2n) is 3.96. The van der Waals surface area contributed by atoms with Crippen LogP contribution in [-0.2, 0) is 13.5 Å². The summed E-state index contributed by atoms with van der Waals surface area (Å²) in [7, 11) is 1.87. The van der Waals surface area contributed by atoms with Gasteiger partial charge in [0.05, 0.1) is 6.04 Å². The van der Waals surface area contributed by atoms with E-state index in [2.05, 4.69) is 20.5 Å². The van der Waals surface area contributed by atoms with E-state index in [1.165, 1.54) is 0 Å². The number of hydrazine groups is 1. The van der Waals surface area contributed by atoms with Gasteiger partial charge in [0, 0.05) is 25.9 Å². The van der Waals surface area contributed by atoms with Gasteiger partial charge in [-0.15, -0.1) is 0 Å². The first-order chi connectivity index (χ1) is 8.22. The summed E-state index contributed by atoms with van der Waals surface area (Å²) in [6.07, 6.45) is 5.83. The van der Waals surface area contributed by atoms with E-state index < -0.39 is 0 Å². The van der Waals surface area contributed by atoms with Crippen LogP contribution in [0.25, 0.3) is 0 Å². The third kappa shape index (κ3) is 2.48. The molecule has 2 heterocycles. The Kier molecular flexibility index (Phi) is 3.46. The van der Waals surface area contributed by atoms with Crippen LogP contribution >= 0.6 is 0 Å². The third-order valence-corrected chi connectivity index (χ3v) is 2.83. The number of nitrogens with zero attached hydrogens (tertiary/aromatic N) is 4. The SMILES string of the molecule is Cc1cnccc1C(Cc1ncnn1C)NN. The van der Waals surface area contributed by atoms with Crippen molar-refractivity contribution >= 4 is 0 Å². The highest BCUT2D eigenvalue weighted by atomic mass is 15.3. The highest BCUT2D eigenvalue weighted by molar-refractivity contribution is 5.26. The molecule has 0 aliphatic heterocycles. The fraction of sp³-hybridized carbons (Fsp3) is 0.364. The first kappa shape index (κ1) is 11.7. The summed E-state index contributed by atoms with van der Waals surface area (Å²) < 4.78 is 1.75. The molecule has 2 rings (SSSR count). The van der Waals surface area contributed by atoms with E-state index in [1.54, 1.807) is 17.2 Å². The number of aryl methyl sites for hydroxylation is 2. The summed E-state index contributed by atoms with van der Waals surface area (Å²) in [5, 5.41) is 4.04. The van der Waals surface area contributed by atoms with Crippen LogP contribution in [0, 0.1) is 6.92 Å². The summed E-state index contributed by atoms with van der Waals surface area (Å²) in [6.45, 7) is 2.02. The molecule has 0 aliphatic rings. The molecule has 0 saturated carbocycles. The van der Waals surface area contributed by atoms with Gasteiger partial charge in [-0.1, -0.05) is 0 Å². The van der Waals surface area contributed by atoms with Gasteiger partial charge >= 0.3 is 0 Å². The van der Waals surface area contributed by atoms with E-state index in [9.17, 15) is 0 Å². The van der Waals surface area contributed by atoms with Crippen molar-refractivity contribution in [2.75, 3.05) is 0 Å². The zero-order valence-corrected chi connectivity index (χ0v) is 9.96. The van der Waals surface area contributed by atoms with Crippen molar-refractivity contribution in [3.8, 4) is 0 Å². The Bertz CT molecular complexity index is 492. The number of nitrogens with two attached hydrogens (primary N) is 1. The molecule has 0 fully saturated rings. The summed E-state index contributed by atoms with van der Waals surface area (Å²) in [6, 6.07) is 1.98. The summed E-state index contributed by atoms with van der Waals surface area (Å²) in [4.78, 5) is 8.27. The molecule has 1 atom stereocenters. The van der Waals surface area contributed by atoms with Gasteiger partial charge in [0.2, 0.25) is 0 Å². The molecule has 2 aromatic heterocycles. The van der Waals surface area contributed by atoms with Crippen molar-refractivity contribution in [3.05, 3.63) is 41.7 Å². The van der Waals surface area contributed by atoms with Crippen molar-refractivity contribution in [3.63, 3.8) is 0 Å². The number of aromatic nitrogens is 4. The topological polar surface area (TPSA) is 81.7 Å². The predicted octanol–water partition coefficient (Wildman–Crippen LogP) is 0.266. The molecule has 17 heavy (non-hydrogen) atoms. The zero-order valence-electron chi connectivity index (χ0n) is 9.96.